The zero-order valence-electron chi connectivity index (χ0n) is 12.4. The first kappa shape index (κ1) is 15.3. The number of carboxylic acids is 1. The number of carboxylic acid groups (broad SMARTS) is 1. The molecule has 2 N–H and O–H groups in total. The Bertz CT molecular complexity index is 556. The minimum absolute atomic E-state index is 0.142. The van der Waals surface area contributed by atoms with Gasteiger partial charge in [-0.05, 0) is 25.5 Å². The number of methoxy groups -OCH3 is 1. The number of rotatable bonds is 4. The molecule has 6 nitrogen and oxygen atoms in total. The minimum Gasteiger partial charge on any atom is -0.481 e. The molecule has 0 saturated carbocycles. The number of nitrogens with zero attached hydrogens (tertiary/aromatic N) is 1. The van der Waals surface area contributed by atoms with Crippen molar-refractivity contribution >= 4 is 17.7 Å². The second-order valence-electron chi connectivity index (χ2n) is 5.81. The van der Waals surface area contributed by atoms with E-state index in [0.29, 0.717) is 17.9 Å². The lowest BCUT2D eigenvalue weighted by Gasteiger charge is -2.28. The smallest absolute Gasteiger partial charge is 0.322 e. The van der Waals surface area contributed by atoms with Crippen molar-refractivity contribution in [3.8, 4) is 0 Å². The van der Waals surface area contributed by atoms with Crippen LogP contribution in [-0.2, 0) is 9.53 Å². The SMILES string of the molecule is COCC(C)(C)NC(=O)N1CC(C(=O)O)c2ccccc21. The number of anilines is 1. The van der Waals surface area contributed by atoms with E-state index in [2.05, 4.69) is 5.32 Å². The lowest BCUT2D eigenvalue weighted by molar-refractivity contribution is -0.138. The summed E-state index contributed by atoms with van der Waals surface area (Å²) in [5.74, 6) is -1.61. The zero-order valence-corrected chi connectivity index (χ0v) is 12.4. The highest BCUT2D eigenvalue weighted by Gasteiger charge is 2.37. The summed E-state index contributed by atoms with van der Waals surface area (Å²) in [5.41, 5.74) is 0.794. The Balaban J connectivity index is 2.22. The van der Waals surface area contributed by atoms with Gasteiger partial charge in [-0.15, -0.1) is 0 Å². The van der Waals surface area contributed by atoms with Crippen molar-refractivity contribution < 1.29 is 19.4 Å². The van der Waals surface area contributed by atoms with Crippen LogP contribution in [-0.4, -0.2) is 42.9 Å². The molecule has 0 saturated heterocycles. The Hall–Kier alpha value is -2.08. The van der Waals surface area contributed by atoms with Crippen LogP contribution in [0.2, 0.25) is 0 Å². The fourth-order valence-electron chi connectivity index (χ4n) is 2.56. The Kier molecular flexibility index (Phi) is 4.18. The largest absolute Gasteiger partial charge is 0.481 e. The van der Waals surface area contributed by atoms with E-state index in [4.69, 9.17) is 4.74 Å². The van der Waals surface area contributed by atoms with Gasteiger partial charge in [0.1, 0.15) is 5.92 Å². The Labute approximate surface area is 123 Å². The number of hydrogen-bond acceptors (Lipinski definition) is 3. The van der Waals surface area contributed by atoms with Gasteiger partial charge in [0.05, 0.1) is 12.1 Å². The molecule has 0 aliphatic carbocycles. The van der Waals surface area contributed by atoms with E-state index in [1.807, 2.05) is 13.8 Å². The average molecular weight is 292 g/mol. The number of urea groups is 1. The molecule has 6 heteroatoms. The minimum atomic E-state index is -0.922. The van der Waals surface area contributed by atoms with Gasteiger partial charge in [-0.25, -0.2) is 4.79 Å². The summed E-state index contributed by atoms with van der Waals surface area (Å²) < 4.78 is 5.07. The topological polar surface area (TPSA) is 78.9 Å². The molecule has 0 fully saturated rings. The van der Waals surface area contributed by atoms with E-state index >= 15 is 0 Å². The molecule has 1 aliphatic rings. The lowest BCUT2D eigenvalue weighted by atomic mass is 10.0. The van der Waals surface area contributed by atoms with Gasteiger partial charge in [0, 0.05) is 19.3 Å². The molecular weight excluding hydrogens is 272 g/mol. The van der Waals surface area contributed by atoms with E-state index in [-0.39, 0.29) is 12.6 Å². The average Bonchev–Trinajstić information content (AvgIpc) is 2.77. The third kappa shape index (κ3) is 3.16. The van der Waals surface area contributed by atoms with Crippen molar-refractivity contribution in [3.05, 3.63) is 29.8 Å². The Morgan fingerprint density at radius 1 is 1.43 bits per heavy atom. The fraction of sp³-hybridized carbons (Fsp3) is 0.467. The highest BCUT2D eigenvalue weighted by Crippen LogP contribution is 2.36. The number of carbonyl (C=O) groups excluding carboxylic acids is 1. The molecule has 2 amide bonds. The molecule has 1 atom stereocenters. The van der Waals surface area contributed by atoms with Gasteiger partial charge in [-0.2, -0.15) is 0 Å². The van der Waals surface area contributed by atoms with Crippen LogP contribution in [0.1, 0.15) is 25.3 Å². The van der Waals surface area contributed by atoms with Gasteiger partial charge in [0.25, 0.3) is 0 Å². The molecule has 0 radical (unpaired) electrons. The van der Waals surface area contributed by atoms with Gasteiger partial charge >= 0.3 is 12.0 Å². The van der Waals surface area contributed by atoms with Crippen LogP contribution >= 0.6 is 0 Å². The van der Waals surface area contributed by atoms with Crippen LogP contribution < -0.4 is 10.2 Å². The number of para-hydroxylation sites is 1. The van der Waals surface area contributed by atoms with Crippen LogP contribution in [0.5, 0.6) is 0 Å². The number of ether oxygens (including phenoxy) is 1. The summed E-state index contributed by atoms with van der Waals surface area (Å²) in [5, 5.41) is 12.2. The maximum absolute atomic E-state index is 12.4. The molecule has 1 aromatic carbocycles. The fourth-order valence-corrected chi connectivity index (χ4v) is 2.56. The van der Waals surface area contributed by atoms with E-state index in [0.717, 1.165) is 0 Å². The van der Waals surface area contributed by atoms with Crippen molar-refractivity contribution in [2.75, 3.05) is 25.2 Å². The molecule has 1 heterocycles. The number of amides is 2. The number of fused-ring (bicyclic) bond motifs is 1. The summed E-state index contributed by atoms with van der Waals surface area (Å²) >= 11 is 0. The van der Waals surface area contributed by atoms with Gasteiger partial charge in [0.2, 0.25) is 0 Å². The van der Waals surface area contributed by atoms with E-state index in [9.17, 15) is 14.7 Å². The number of hydrogen-bond donors (Lipinski definition) is 2. The van der Waals surface area contributed by atoms with Crippen molar-refractivity contribution in [2.24, 2.45) is 0 Å². The van der Waals surface area contributed by atoms with Gasteiger partial charge in [0.15, 0.2) is 0 Å². The maximum atomic E-state index is 12.4. The summed E-state index contributed by atoms with van der Waals surface area (Å²) in [6.07, 6.45) is 0. The van der Waals surface area contributed by atoms with Crippen LogP contribution in [0.4, 0.5) is 10.5 Å². The number of benzene rings is 1. The lowest BCUT2D eigenvalue weighted by Crippen LogP contribution is -2.52. The molecule has 21 heavy (non-hydrogen) atoms. The zero-order chi connectivity index (χ0) is 15.6. The van der Waals surface area contributed by atoms with Gasteiger partial charge < -0.3 is 15.2 Å². The summed E-state index contributed by atoms with van der Waals surface area (Å²) in [4.78, 5) is 25.3. The van der Waals surface area contributed by atoms with Gasteiger partial charge in [-0.3, -0.25) is 9.69 Å². The molecule has 0 spiro atoms. The first-order chi connectivity index (χ1) is 9.85. The van der Waals surface area contributed by atoms with Crippen molar-refractivity contribution in [1.29, 1.82) is 0 Å². The Morgan fingerprint density at radius 2 is 2.10 bits per heavy atom. The number of aliphatic carboxylic acids is 1. The van der Waals surface area contributed by atoms with Crippen LogP contribution in [0.15, 0.2) is 24.3 Å². The molecule has 0 bridgehead atoms. The van der Waals surface area contributed by atoms with Gasteiger partial charge in [-0.1, -0.05) is 18.2 Å². The number of carbonyl (C=O) groups is 2. The van der Waals surface area contributed by atoms with Crippen molar-refractivity contribution in [1.82, 2.24) is 5.32 Å². The summed E-state index contributed by atoms with van der Waals surface area (Å²) in [7, 11) is 1.57. The molecule has 1 unspecified atom stereocenters. The molecule has 2 rings (SSSR count). The highest BCUT2D eigenvalue weighted by molar-refractivity contribution is 5.98. The van der Waals surface area contributed by atoms with E-state index in [1.165, 1.54) is 4.90 Å². The predicted octanol–water partition coefficient (Wildman–Crippen LogP) is 1.81. The molecular formula is C15H20N2O4. The van der Waals surface area contributed by atoms with Crippen LogP contribution in [0.25, 0.3) is 0 Å². The highest BCUT2D eigenvalue weighted by atomic mass is 16.5. The maximum Gasteiger partial charge on any atom is 0.322 e. The molecule has 0 aromatic heterocycles. The predicted molar refractivity (Wildman–Crippen MR) is 78.7 cm³/mol. The first-order valence-corrected chi connectivity index (χ1v) is 6.76. The van der Waals surface area contributed by atoms with Crippen LogP contribution in [0.3, 0.4) is 0 Å². The quantitative estimate of drug-likeness (QED) is 0.887. The van der Waals surface area contributed by atoms with E-state index < -0.39 is 17.4 Å². The number of nitrogens with one attached hydrogen (secondary N) is 1. The summed E-state index contributed by atoms with van der Waals surface area (Å²) in [6, 6.07) is 6.78. The second-order valence-corrected chi connectivity index (χ2v) is 5.81. The second kappa shape index (κ2) is 5.73. The molecule has 114 valence electrons. The Morgan fingerprint density at radius 3 is 2.71 bits per heavy atom. The standard InChI is InChI=1S/C15H20N2O4/c1-15(2,9-21-3)16-14(20)17-8-11(13(18)19)10-6-4-5-7-12(10)17/h4-7,11H,8-9H2,1-3H3,(H,16,20)(H,18,19). The normalized spacial score (nSPS) is 17.5. The third-order valence-corrected chi connectivity index (χ3v) is 3.46. The van der Waals surface area contributed by atoms with Crippen molar-refractivity contribution in [2.45, 2.75) is 25.3 Å². The van der Waals surface area contributed by atoms with Crippen LogP contribution in [0, 0.1) is 0 Å². The summed E-state index contributed by atoms with van der Waals surface area (Å²) in [6.45, 7) is 4.22. The monoisotopic (exact) mass is 292 g/mol. The molecule has 1 aromatic rings. The van der Waals surface area contributed by atoms with E-state index in [1.54, 1.807) is 31.4 Å². The third-order valence-electron chi connectivity index (χ3n) is 3.46. The van der Waals surface area contributed by atoms with Crippen molar-refractivity contribution in [3.63, 3.8) is 0 Å². The first-order valence-electron chi connectivity index (χ1n) is 6.76. The molecule has 1 aliphatic heterocycles.